The van der Waals surface area contributed by atoms with Crippen LogP contribution in [0.15, 0.2) is 35.3 Å². The van der Waals surface area contributed by atoms with Crippen LogP contribution in [0.5, 0.6) is 0 Å². The highest BCUT2D eigenvalue weighted by Gasteiger charge is 2.06. The number of carbonyl (C=O) groups excluding carboxylic acids is 1. The molecule has 1 N–H and O–H groups in total. The Bertz CT molecular complexity index is 604. The molecule has 0 aliphatic heterocycles. The van der Waals surface area contributed by atoms with E-state index >= 15 is 0 Å². The first-order valence-corrected chi connectivity index (χ1v) is 5.49. The maximum atomic E-state index is 11.7. The number of hydrogen-bond acceptors (Lipinski definition) is 3. The van der Waals surface area contributed by atoms with Crippen LogP contribution >= 0.6 is 0 Å². The molecule has 0 aromatic carbocycles. The molecule has 0 atom stereocenters. The summed E-state index contributed by atoms with van der Waals surface area (Å²) in [5.74, 6) is -0.187. The molecule has 0 radical (unpaired) electrons. The van der Waals surface area contributed by atoms with Gasteiger partial charge in [-0.15, -0.1) is 0 Å². The lowest BCUT2D eigenvalue weighted by Crippen LogP contribution is -2.33. The number of hydrogen-bond donors (Lipinski definition) is 1. The molecule has 0 saturated heterocycles. The van der Waals surface area contributed by atoms with Gasteiger partial charge in [0.05, 0.1) is 0 Å². The van der Waals surface area contributed by atoms with Gasteiger partial charge in [-0.05, 0) is 24.6 Å². The number of rotatable bonds is 3. The van der Waals surface area contributed by atoms with E-state index in [4.69, 9.17) is 0 Å². The lowest BCUT2D eigenvalue weighted by molar-refractivity contribution is -0.117. The fourth-order valence-corrected chi connectivity index (χ4v) is 1.58. The molecule has 2 rings (SSSR count). The molecule has 0 aliphatic rings. The van der Waals surface area contributed by atoms with Crippen molar-refractivity contribution in [2.75, 3.05) is 5.43 Å². The summed E-state index contributed by atoms with van der Waals surface area (Å²) >= 11 is 0. The molecule has 1 amide bonds. The molecule has 0 saturated carbocycles. The zero-order chi connectivity index (χ0) is 12.3. The number of fused-ring (bicyclic) bond motifs is 1. The summed E-state index contributed by atoms with van der Waals surface area (Å²) in [6.45, 7) is 1.91. The fraction of sp³-hybridized carbons (Fsp3) is 0.250. The van der Waals surface area contributed by atoms with Crippen LogP contribution in [-0.2, 0) is 4.79 Å². The van der Waals surface area contributed by atoms with Crippen LogP contribution in [0.2, 0.25) is 0 Å². The molecule has 0 unspecified atom stereocenters. The number of amides is 1. The Morgan fingerprint density at radius 1 is 1.41 bits per heavy atom. The van der Waals surface area contributed by atoms with Crippen molar-refractivity contribution in [1.29, 1.82) is 0 Å². The van der Waals surface area contributed by atoms with E-state index in [2.05, 4.69) is 10.4 Å². The molecular weight excluding hydrogens is 218 g/mol. The molecule has 5 heteroatoms. The Morgan fingerprint density at radius 3 is 3.00 bits per heavy atom. The lowest BCUT2D eigenvalue weighted by Gasteiger charge is -2.09. The standard InChI is InChI=1S/C12H13N3O2/c1-2-4-10(16)14-15-11(17)7-6-9-5-3-8-13-12(9)15/h3,5-8H,2,4H2,1H3,(H,14,16). The van der Waals surface area contributed by atoms with E-state index in [0.29, 0.717) is 12.1 Å². The maximum Gasteiger partial charge on any atom is 0.271 e. The molecule has 0 spiro atoms. The van der Waals surface area contributed by atoms with Crippen molar-refractivity contribution in [3.05, 3.63) is 40.8 Å². The summed E-state index contributed by atoms with van der Waals surface area (Å²) in [5.41, 5.74) is 2.73. The minimum Gasteiger partial charge on any atom is -0.273 e. The number of aromatic nitrogens is 2. The summed E-state index contributed by atoms with van der Waals surface area (Å²) in [6, 6.07) is 6.72. The first-order chi connectivity index (χ1) is 8.22. The number of carbonyl (C=O) groups is 1. The van der Waals surface area contributed by atoms with Gasteiger partial charge in [0, 0.05) is 24.1 Å². The number of pyridine rings is 2. The van der Waals surface area contributed by atoms with Gasteiger partial charge in [0.2, 0.25) is 5.91 Å². The van der Waals surface area contributed by atoms with Crippen LogP contribution in [0.25, 0.3) is 11.0 Å². The second-order valence-corrected chi connectivity index (χ2v) is 3.71. The molecule has 2 aromatic heterocycles. The Labute approximate surface area is 98.1 Å². The van der Waals surface area contributed by atoms with E-state index in [1.165, 1.54) is 10.7 Å². The Balaban J connectivity index is 2.48. The third kappa shape index (κ3) is 2.33. The van der Waals surface area contributed by atoms with Crippen LogP contribution < -0.4 is 11.0 Å². The minimum absolute atomic E-state index is 0.187. The van der Waals surface area contributed by atoms with Crippen molar-refractivity contribution in [3.8, 4) is 0 Å². The van der Waals surface area contributed by atoms with Crippen molar-refractivity contribution in [2.45, 2.75) is 19.8 Å². The first kappa shape index (κ1) is 11.3. The molecule has 2 heterocycles. The second kappa shape index (κ2) is 4.78. The van der Waals surface area contributed by atoms with E-state index < -0.39 is 0 Å². The predicted molar refractivity (Wildman–Crippen MR) is 65.3 cm³/mol. The first-order valence-electron chi connectivity index (χ1n) is 5.49. The highest BCUT2D eigenvalue weighted by molar-refractivity contribution is 5.85. The monoisotopic (exact) mass is 231 g/mol. The van der Waals surface area contributed by atoms with Gasteiger partial charge in [0.1, 0.15) is 0 Å². The third-order valence-corrected chi connectivity index (χ3v) is 2.37. The quantitative estimate of drug-likeness (QED) is 0.865. The molecule has 0 aliphatic carbocycles. The van der Waals surface area contributed by atoms with Crippen molar-refractivity contribution in [3.63, 3.8) is 0 Å². The van der Waals surface area contributed by atoms with Gasteiger partial charge in [0.25, 0.3) is 5.56 Å². The molecule has 88 valence electrons. The van der Waals surface area contributed by atoms with E-state index in [1.54, 1.807) is 18.3 Å². The molecule has 17 heavy (non-hydrogen) atoms. The summed E-state index contributed by atoms with van der Waals surface area (Å²) < 4.78 is 1.19. The molecule has 0 bridgehead atoms. The minimum atomic E-state index is -0.291. The topological polar surface area (TPSA) is 64.0 Å². The van der Waals surface area contributed by atoms with E-state index in [1.807, 2.05) is 13.0 Å². The summed E-state index contributed by atoms with van der Waals surface area (Å²) in [4.78, 5) is 27.3. The SMILES string of the molecule is CCCC(=O)Nn1c(=O)ccc2cccnc21. The van der Waals surface area contributed by atoms with E-state index in [0.717, 1.165) is 11.8 Å². The van der Waals surface area contributed by atoms with Crippen molar-refractivity contribution < 1.29 is 4.79 Å². The average Bonchev–Trinajstić information content (AvgIpc) is 2.33. The zero-order valence-electron chi connectivity index (χ0n) is 9.51. The van der Waals surface area contributed by atoms with Crippen LogP contribution in [0.1, 0.15) is 19.8 Å². The van der Waals surface area contributed by atoms with Crippen molar-refractivity contribution in [1.82, 2.24) is 9.66 Å². The van der Waals surface area contributed by atoms with Gasteiger partial charge in [-0.3, -0.25) is 15.0 Å². The molecule has 0 fully saturated rings. The van der Waals surface area contributed by atoms with Crippen LogP contribution in [-0.4, -0.2) is 15.6 Å². The van der Waals surface area contributed by atoms with Crippen LogP contribution in [0.4, 0.5) is 0 Å². The Hall–Kier alpha value is -2.17. The van der Waals surface area contributed by atoms with Crippen LogP contribution in [0, 0.1) is 0 Å². The third-order valence-electron chi connectivity index (χ3n) is 2.37. The highest BCUT2D eigenvalue weighted by Crippen LogP contribution is 2.06. The van der Waals surface area contributed by atoms with Gasteiger partial charge >= 0.3 is 0 Å². The van der Waals surface area contributed by atoms with Crippen LogP contribution in [0.3, 0.4) is 0 Å². The van der Waals surface area contributed by atoms with E-state index in [-0.39, 0.29) is 11.5 Å². The maximum absolute atomic E-state index is 11.7. The van der Waals surface area contributed by atoms with Gasteiger partial charge in [0.15, 0.2) is 5.65 Å². The second-order valence-electron chi connectivity index (χ2n) is 3.71. The van der Waals surface area contributed by atoms with Gasteiger partial charge in [-0.2, -0.15) is 4.68 Å². The van der Waals surface area contributed by atoms with Gasteiger partial charge in [-0.25, -0.2) is 4.98 Å². The summed E-state index contributed by atoms with van der Waals surface area (Å²) in [6.07, 6.45) is 2.71. The average molecular weight is 231 g/mol. The molecule has 5 nitrogen and oxygen atoms in total. The molecule has 2 aromatic rings. The molecular formula is C12H13N3O2. The fourth-order valence-electron chi connectivity index (χ4n) is 1.58. The van der Waals surface area contributed by atoms with Gasteiger partial charge in [-0.1, -0.05) is 6.92 Å². The number of nitrogens with zero attached hydrogens (tertiary/aromatic N) is 2. The Kier molecular flexibility index (Phi) is 3.18. The summed E-state index contributed by atoms with van der Waals surface area (Å²) in [5, 5.41) is 0.809. The largest absolute Gasteiger partial charge is 0.273 e. The van der Waals surface area contributed by atoms with Crippen molar-refractivity contribution in [2.24, 2.45) is 0 Å². The highest BCUT2D eigenvalue weighted by atomic mass is 16.2. The van der Waals surface area contributed by atoms with E-state index in [9.17, 15) is 9.59 Å². The Morgan fingerprint density at radius 2 is 2.24 bits per heavy atom. The smallest absolute Gasteiger partial charge is 0.271 e. The normalized spacial score (nSPS) is 10.4. The number of nitrogens with one attached hydrogen (secondary N) is 1. The van der Waals surface area contributed by atoms with Crippen molar-refractivity contribution >= 4 is 16.9 Å². The van der Waals surface area contributed by atoms with Gasteiger partial charge < -0.3 is 0 Å². The lowest BCUT2D eigenvalue weighted by atomic mass is 10.3. The predicted octanol–water partition coefficient (Wildman–Crippen LogP) is 1.27. The summed E-state index contributed by atoms with van der Waals surface area (Å²) in [7, 11) is 0. The zero-order valence-corrected chi connectivity index (χ0v) is 9.51.